The van der Waals surface area contributed by atoms with Crippen molar-refractivity contribution < 1.29 is 23.5 Å². The smallest absolute Gasteiger partial charge is 0.248 e. The number of carbonyl (C=O) groups excluding carboxylic acids is 3. The van der Waals surface area contributed by atoms with Gasteiger partial charge in [-0.05, 0) is 71.3 Å². The standard InChI is InChI=1S/C36H39BrFN7O4/c1-5-7-10-36-14-28(35(48)42-34-23(20-49-11-6-2)8-9-30(37)41-34)45(29(36)15-36)31(47)19-44-33-25(16-38)12-24(26-17-39-22(4)40-18-26)13-27(33)32(43-44)21(3)46/h6,8-9,12-13,17-18,28-29H,2,5,7,10-11,14-16,19-20H2,1,3-4H3,(H,41,42,48)/t28-,29+,36-/m0/s1. The second-order valence-corrected chi connectivity index (χ2v) is 13.7. The first-order valence-corrected chi connectivity index (χ1v) is 17.2. The maximum atomic E-state index is 14.7. The summed E-state index contributed by atoms with van der Waals surface area (Å²) in [5, 5.41) is 7.95. The molecule has 0 spiro atoms. The van der Waals surface area contributed by atoms with E-state index in [1.54, 1.807) is 48.5 Å². The molecule has 3 atom stereocenters. The minimum Gasteiger partial charge on any atom is -0.373 e. The molecule has 1 N–H and O–H groups in total. The number of halogens is 2. The number of piperidine rings is 1. The Balaban J connectivity index is 1.33. The van der Waals surface area contributed by atoms with Crippen LogP contribution in [-0.2, 0) is 34.2 Å². The van der Waals surface area contributed by atoms with Crippen LogP contribution < -0.4 is 5.32 Å². The molecule has 0 unspecified atom stereocenters. The highest BCUT2D eigenvalue weighted by molar-refractivity contribution is 9.10. The Bertz CT molecular complexity index is 1930. The lowest BCUT2D eigenvalue weighted by Gasteiger charge is -2.27. The zero-order valence-corrected chi connectivity index (χ0v) is 29.4. The van der Waals surface area contributed by atoms with Crippen LogP contribution in [0, 0.1) is 12.3 Å². The second-order valence-electron chi connectivity index (χ2n) is 12.9. The van der Waals surface area contributed by atoms with Gasteiger partial charge in [-0.15, -0.1) is 6.58 Å². The van der Waals surface area contributed by atoms with Crippen molar-refractivity contribution in [2.75, 3.05) is 11.9 Å². The van der Waals surface area contributed by atoms with Crippen molar-refractivity contribution in [3.8, 4) is 11.1 Å². The molecular formula is C36H39BrFN7O4. The largest absolute Gasteiger partial charge is 0.373 e. The number of amides is 2. The molecule has 256 valence electrons. The third kappa shape index (κ3) is 6.91. The Morgan fingerprint density at radius 3 is 2.63 bits per heavy atom. The van der Waals surface area contributed by atoms with E-state index >= 15 is 0 Å². The molecule has 2 aliphatic rings. The summed E-state index contributed by atoms with van der Waals surface area (Å²) < 4.78 is 22.3. The minimum absolute atomic E-state index is 0.101. The summed E-state index contributed by atoms with van der Waals surface area (Å²) in [6, 6.07) is 6.19. The topological polar surface area (TPSA) is 132 Å². The van der Waals surface area contributed by atoms with Gasteiger partial charge in [-0.25, -0.2) is 19.3 Å². The van der Waals surface area contributed by atoms with Gasteiger partial charge >= 0.3 is 0 Å². The highest BCUT2D eigenvalue weighted by Gasteiger charge is 2.66. The van der Waals surface area contributed by atoms with E-state index in [1.165, 1.54) is 11.6 Å². The number of nitrogens with one attached hydrogen (secondary N) is 1. The lowest BCUT2D eigenvalue weighted by molar-refractivity contribution is -0.138. The summed E-state index contributed by atoms with van der Waals surface area (Å²) in [6.45, 7) is 8.43. The summed E-state index contributed by atoms with van der Waals surface area (Å²) in [5.74, 6) is -0.0212. The van der Waals surface area contributed by atoms with Crippen LogP contribution in [0.5, 0.6) is 0 Å². The van der Waals surface area contributed by atoms with E-state index in [0.29, 0.717) is 56.9 Å². The van der Waals surface area contributed by atoms with Gasteiger partial charge in [-0.2, -0.15) is 5.10 Å². The molecule has 4 aromatic rings. The molecule has 6 rings (SSSR count). The number of ketones is 1. The van der Waals surface area contributed by atoms with Crippen molar-refractivity contribution in [1.82, 2.24) is 29.6 Å². The quantitative estimate of drug-likeness (QED) is 0.0671. The van der Waals surface area contributed by atoms with Crippen LogP contribution in [0.1, 0.15) is 73.4 Å². The summed E-state index contributed by atoms with van der Waals surface area (Å²) in [6.07, 6.45) is 9.19. The predicted octanol–water partition coefficient (Wildman–Crippen LogP) is 6.52. The fraction of sp³-hybridized carbons (Fsp3) is 0.417. The van der Waals surface area contributed by atoms with Gasteiger partial charge in [-0.3, -0.25) is 19.1 Å². The van der Waals surface area contributed by atoms with Gasteiger partial charge in [0.2, 0.25) is 11.8 Å². The molecule has 13 heteroatoms. The number of hydrogen-bond acceptors (Lipinski definition) is 8. The number of rotatable bonds is 14. The number of anilines is 1. The number of carbonyl (C=O) groups is 3. The van der Waals surface area contributed by atoms with Crippen molar-refractivity contribution >= 4 is 50.2 Å². The Morgan fingerprint density at radius 2 is 1.94 bits per heavy atom. The van der Waals surface area contributed by atoms with Crippen molar-refractivity contribution in [3.05, 3.63) is 76.6 Å². The molecule has 0 radical (unpaired) electrons. The fourth-order valence-corrected chi connectivity index (χ4v) is 7.36. The normalized spacial score (nSPS) is 19.6. The number of likely N-dealkylation sites (tertiary alicyclic amines) is 1. The van der Waals surface area contributed by atoms with Crippen molar-refractivity contribution in [1.29, 1.82) is 0 Å². The molecule has 1 saturated carbocycles. The van der Waals surface area contributed by atoms with Crippen molar-refractivity contribution in [2.45, 2.75) is 84.8 Å². The third-order valence-corrected chi connectivity index (χ3v) is 9.96. The molecule has 11 nitrogen and oxygen atoms in total. The Morgan fingerprint density at radius 1 is 1.16 bits per heavy atom. The monoisotopic (exact) mass is 731 g/mol. The molecule has 1 aliphatic carbocycles. The molecule has 4 heterocycles. The number of alkyl halides is 1. The molecule has 2 fully saturated rings. The number of ether oxygens (including phenoxy) is 1. The third-order valence-electron chi connectivity index (χ3n) is 9.52. The summed E-state index contributed by atoms with van der Waals surface area (Å²) >= 11 is 3.39. The first kappa shape index (κ1) is 34.5. The maximum Gasteiger partial charge on any atom is 0.248 e. The van der Waals surface area contributed by atoms with E-state index < -0.39 is 12.7 Å². The zero-order valence-electron chi connectivity index (χ0n) is 27.8. The molecule has 49 heavy (non-hydrogen) atoms. The lowest BCUT2D eigenvalue weighted by atomic mass is 9.93. The first-order valence-electron chi connectivity index (χ1n) is 16.4. The van der Waals surface area contributed by atoms with Crippen LogP contribution >= 0.6 is 15.9 Å². The average Bonchev–Trinajstić information content (AvgIpc) is 3.49. The zero-order chi connectivity index (χ0) is 34.9. The minimum atomic E-state index is -0.843. The number of aromatic nitrogens is 5. The average molecular weight is 733 g/mol. The van der Waals surface area contributed by atoms with E-state index in [0.717, 1.165) is 25.7 Å². The summed E-state index contributed by atoms with van der Waals surface area (Å²) in [5.41, 5.74) is 2.65. The van der Waals surface area contributed by atoms with Gasteiger partial charge in [0.25, 0.3) is 0 Å². The molecule has 0 bridgehead atoms. The Hall–Kier alpha value is -4.36. The summed E-state index contributed by atoms with van der Waals surface area (Å²) in [7, 11) is 0. The SMILES string of the molecule is C=CCOCc1ccc(Br)nc1NC(=O)[C@@H]1C[C@@]2(CCCC)C[C@H]2N1C(=O)Cn1nc(C(C)=O)c2cc(-c3cnc(C)nc3)cc(CF)c21. The van der Waals surface area contributed by atoms with Crippen LogP contribution in [-0.4, -0.2) is 65.9 Å². The van der Waals surface area contributed by atoms with Crippen LogP contribution in [0.4, 0.5) is 10.2 Å². The molecule has 3 aromatic heterocycles. The Kier molecular flexibility index (Phi) is 10.0. The van der Waals surface area contributed by atoms with E-state index in [-0.39, 0.29) is 53.5 Å². The number of Topliss-reactive ketones (excluding diaryl/α,β-unsaturated/α-hetero) is 1. The van der Waals surface area contributed by atoms with Gasteiger partial charge in [-0.1, -0.05) is 31.9 Å². The van der Waals surface area contributed by atoms with Crippen molar-refractivity contribution in [2.24, 2.45) is 5.41 Å². The van der Waals surface area contributed by atoms with Gasteiger partial charge in [0.1, 0.15) is 41.2 Å². The first-order chi connectivity index (χ1) is 23.6. The lowest BCUT2D eigenvalue weighted by Crippen LogP contribution is -2.47. The van der Waals surface area contributed by atoms with E-state index in [1.807, 2.05) is 6.07 Å². The number of fused-ring (bicyclic) bond motifs is 2. The van der Waals surface area contributed by atoms with Gasteiger partial charge in [0.05, 0.1) is 18.7 Å². The van der Waals surface area contributed by atoms with Gasteiger partial charge in [0.15, 0.2) is 5.78 Å². The molecule has 1 saturated heterocycles. The molecule has 2 amide bonds. The number of unbranched alkanes of at least 4 members (excludes halogenated alkanes) is 1. The van der Waals surface area contributed by atoms with E-state index in [4.69, 9.17) is 4.74 Å². The van der Waals surface area contributed by atoms with Crippen LogP contribution in [0.2, 0.25) is 0 Å². The number of aryl methyl sites for hydroxylation is 1. The second kappa shape index (κ2) is 14.2. The van der Waals surface area contributed by atoms with Gasteiger partial charge < -0.3 is 15.0 Å². The van der Waals surface area contributed by atoms with E-state index in [2.05, 4.69) is 54.8 Å². The maximum absolute atomic E-state index is 14.7. The van der Waals surface area contributed by atoms with E-state index in [9.17, 15) is 18.8 Å². The highest BCUT2D eigenvalue weighted by atomic mass is 79.9. The molecule has 1 aliphatic heterocycles. The van der Waals surface area contributed by atoms with Crippen molar-refractivity contribution in [3.63, 3.8) is 0 Å². The molecule has 1 aromatic carbocycles. The van der Waals surface area contributed by atoms with Crippen LogP contribution in [0.3, 0.4) is 0 Å². The number of hydrogen-bond donors (Lipinski definition) is 1. The summed E-state index contributed by atoms with van der Waals surface area (Å²) in [4.78, 5) is 55.8. The van der Waals surface area contributed by atoms with Gasteiger partial charge in [0, 0.05) is 47.4 Å². The molecular weight excluding hydrogens is 693 g/mol. The number of nitrogens with zero attached hydrogens (tertiary/aromatic N) is 6. The van der Waals surface area contributed by atoms with Crippen LogP contribution in [0.15, 0.2) is 53.9 Å². The van der Waals surface area contributed by atoms with Crippen LogP contribution in [0.25, 0.3) is 22.0 Å². The highest BCUT2D eigenvalue weighted by Crippen LogP contribution is 2.62. The number of benzene rings is 1. The predicted molar refractivity (Wildman–Crippen MR) is 186 cm³/mol. The Labute approximate surface area is 292 Å². The number of pyridine rings is 1. The fourth-order valence-electron chi connectivity index (χ4n) is 7.05.